The fourth-order valence-corrected chi connectivity index (χ4v) is 5.90. The minimum absolute atomic E-state index is 0.0998. The average Bonchev–Trinajstić information content (AvgIpc) is 3.12. The van der Waals surface area contributed by atoms with Crippen LogP contribution >= 0.6 is 0 Å². The molecular weight excluding hydrogens is 600 g/mol. The molecule has 0 saturated heterocycles. The van der Waals surface area contributed by atoms with Gasteiger partial charge in [-0.3, -0.25) is 4.99 Å². The number of methoxy groups -OCH3 is 2. The van der Waals surface area contributed by atoms with Gasteiger partial charge in [0.15, 0.2) is 0 Å². The highest BCUT2D eigenvalue weighted by Crippen LogP contribution is 2.39. The maximum absolute atomic E-state index is 11.2. The average molecular weight is 645 g/mol. The van der Waals surface area contributed by atoms with E-state index in [0.29, 0.717) is 42.9 Å². The lowest BCUT2D eigenvalue weighted by Gasteiger charge is -2.21. The molecule has 0 aromatic heterocycles. The maximum Gasteiger partial charge on any atom is 0.132 e. The Morgan fingerprint density at radius 3 is 1.94 bits per heavy atom. The van der Waals surface area contributed by atoms with Crippen LogP contribution in [0.3, 0.4) is 0 Å². The van der Waals surface area contributed by atoms with E-state index in [1.165, 1.54) is 0 Å². The topological polar surface area (TPSA) is 107 Å². The first-order valence-corrected chi connectivity index (χ1v) is 16.3. The molecule has 5 aromatic carbocycles. The molecule has 2 atom stereocenters. The number of rotatable bonds is 16. The van der Waals surface area contributed by atoms with E-state index in [0.717, 1.165) is 46.4 Å². The van der Waals surface area contributed by atoms with Gasteiger partial charge in [-0.05, 0) is 55.0 Å². The van der Waals surface area contributed by atoms with Gasteiger partial charge in [-0.25, -0.2) is 0 Å². The minimum Gasteiger partial charge on any atom is -0.507 e. The first kappa shape index (κ1) is 34.2. The highest BCUT2D eigenvalue weighted by atomic mass is 16.5. The lowest BCUT2D eigenvalue weighted by atomic mass is 9.96. The van der Waals surface area contributed by atoms with Crippen LogP contribution in [0.25, 0.3) is 22.3 Å². The molecule has 0 bridgehead atoms. The minimum atomic E-state index is -0.246. The number of nitrogens with zero attached hydrogens (tertiary/aromatic N) is 1. The molecule has 4 N–H and O–H groups in total. The molecule has 0 aliphatic rings. The quantitative estimate of drug-likeness (QED) is 0.0936. The molecular formula is C41H44N2O5. The van der Waals surface area contributed by atoms with Crippen LogP contribution in [-0.2, 0) is 17.8 Å². The fourth-order valence-electron chi connectivity index (χ4n) is 5.90. The largest absolute Gasteiger partial charge is 0.507 e. The van der Waals surface area contributed by atoms with E-state index in [4.69, 9.17) is 19.9 Å². The molecule has 0 aliphatic carbocycles. The molecule has 5 aromatic rings. The van der Waals surface area contributed by atoms with Gasteiger partial charge in [0.1, 0.15) is 23.0 Å². The molecule has 5 rings (SSSR count). The van der Waals surface area contributed by atoms with Crippen LogP contribution in [-0.4, -0.2) is 49.3 Å². The van der Waals surface area contributed by atoms with E-state index in [1.807, 2.05) is 115 Å². The summed E-state index contributed by atoms with van der Waals surface area (Å²) in [7, 11) is 3.25. The van der Waals surface area contributed by atoms with Gasteiger partial charge in [0.2, 0.25) is 0 Å². The molecule has 248 valence electrons. The normalized spacial score (nSPS) is 12.6. The van der Waals surface area contributed by atoms with Gasteiger partial charge < -0.3 is 30.2 Å². The second-order valence-corrected chi connectivity index (χ2v) is 11.8. The Balaban J connectivity index is 1.23. The van der Waals surface area contributed by atoms with Gasteiger partial charge in [0.05, 0.1) is 33.5 Å². The fraction of sp³-hybridized carbons (Fsp3) is 0.244. The molecule has 0 heterocycles. The van der Waals surface area contributed by atoms with E-state index in [-0.39, 0.29) is 23.6 Å². The third-order valence-electron chi connectivity index (χ3n) is 8.42. The van der Waals surface area contributed by atoms with Crippen LogP contribution in [0.15, 0.2) is 120 Å². The summed E-state index contributed by atoms with van der Waals surface area (Å²) in [5.74, 6) is 1.81. The predicted octanol–water partition coefficient (Wildman–Crippen LogP) is 8.19. The van der Waals surface area contributed by atoms with Crippen LogP contribution in [0.1, 0.15) is 36.0 Å². The lowest BCUT2D eigenvalue weighted by Crippen LogP contribution is -2.30. The summed E-state index contributed by atoms with van der Waals surface area (Å²) >= 11 is 0. The van der Waals surface area contributed by atoms with Gasteiger partial charge in [0, 0.05) is 40.1 Å². The first-order chi connectivity index (χ1) is 23.5. The molecule has 7 heteroatoms. The third kappa shape index (κ3) is 8.82. The number of ether oxygens (including phenoxy) is 3. The van der Waals surface area contributed by atoms with E-state index < -0.39 is 0 Å². The van der Waals surface area contributed by atoms with Crippen molar-refractivity contribution < 1.29 is 24.4 Å². The second kappa shape index (κ2) is 17.2. The monoisotopic (exact) mass is 644 g/mol. The van der Waals surface area contributed by atoms with Crippen molar-refractivity contribution in [3.05, 3.63) is 132 Å². The van der Waals surface area contributed by atoms with E-state index >= 15 is 0 Å². The predicted molar refractivity (Wildman–Crippen MR) is 193 cm³/mol. The standard InChI is InChI=1S/C41H44N2O5/c1-46-38-23-8-6-19-34(38)36-21-11-16-30(40(36)44)15-10-18-33(48-28-29-13-4-3-5-14-29)25-32(42)27-43-26-31-17-12-22-37(41(31)45)35-20-7-9-24-39(35)47-2/h3-9,11-14,16-17,19-24,26,32-33,44-45H,10,15,18,25,27-28,42H2,1-2H3/t32-,33?/m0/s1. The number of aryl methyl sites for hydroxylation is 1. The summed E-state index contributed by atoms with van der Waals surface area (Å²) in [6.45, 7) is 0.866. The van der Waals surface area contributed by atoms with Gasteiger partial charge >= 0.3 is 0 Å². The molecule has 0 spiro atoms. The molecule has 0 aliphatic heterocycles. The van der Waals surface area contributed by atoms with E-state index in [1.54, 1.807) is 20.4 Å². The number of aromatic hydroxyl groups is 2. The Labute approximate surface area is 283 Å². The lowest BCUT2D eigenvalue weighted by molar-refractivity contribution is 0.0245. The number of para-hydroxylation sites is 4. The van der Waals surface area contributed by atoms with Crippen LogP contribution in [0.5, 0.6) is 23.0 Å². The van der Waals surface area contributed by atoms with Gasteiger partial charge in [-0.1, -0.05) is 97.1 Å². The van der Waals surface area contributed by atoms with Crippen molar-refractivity contribution in [3.8, 4) is 45.3 Å². The van der Waals surface area contributed by atoms with Crippen molar-refractivity contribution in [3.63, 3.8) is 0 Å². The number of hydrogen-bond acceptors (Lipinski definition) is 7. The Hall–Kier alpha value is -5.11. The van der Waals surface area contributed by atoms with Gasteiger partial charge in [0.25, 0.3) is 0 Å². The zero-order valence-corrected chi connectivity index (χ0v) is 27.6. The molecule has 0 fully saturated rings. The number of nitrogens with two attached hydrogens (primary N) is 1. The van der Waals surface area contributed by atoms with Gasteiger partial charge in [-0.2, -0.15) is 0 Å². The van der Waals surface area contributed by atoms with Crippen LogP contribution in [0.2, 0.25) is 0 Å². The van der Waals surface area contributed by atoms with E-state index in [2.05, 4.69) is 4.99 Å². The summed E-state index contributed by atoms with van der Waals surface area (Å²) in [5.41, 5.74) is 12.3. The number of hydrogen-bond donors (Lipinski definition) is 3. The molecule has 0 saturated carbocycles. The second-order valence-electron chi connectivity index (χ2n) is 11.8. The Bertz CT molecular complexity index is 1790. The van der Waals surface area contributed by atoms with Crippen molar-refractivity contribution in [1.29, 1.82) is 0 Å². The van der Waals surface area contributed by atoms with Crippen molar-refractivity contribution in [2.45, 2.75) is 44.4 Å². The van der Waals surface area contributed by atoms with Crippen molar-refractivity contribution in [1.82, 2.24) is 0 Å². The number of benzene rings is 5. The van der Waals surface area contributed by atoms with Gasteiger partial charge in [-0.15, -0.1) is 0 Å². The molecule has 48 heavy (non-hydrogen) atoms. The zero-order chi connectivity index (χ0) is 33.7. The summed E-state index contributed by atoms with van der Waals surface area (Å²) in [6, 6.07) is 36.6. The Morgan fingerprint density at radius 2 is 1.27 bits per heavy atom. The summed E-state index contributed by atoms with van der Waals surface area (Å²) in [6.07, 6.45) is 4.45. The van der Waals surface area contributed by atoms with Crippen molar-refractivity contribution in [2.24, 2.45) is 10.7 Å². The molecule has 0 amide bonds. The Morgan fingerprint density at radius 1 is 0.688 bits per heavy atom. The highest BCUT2D eigenvalue weighted by Gasteiger charge is 2.17. The van der Waals surface area contributed by atoms with Crippen LogP contribution in [0.4, 0.5) is 0 Å². The smallest absolute Gasteiger partial charge is 0.132 e. The highest BCUT2D eigenvalue weighted by molar-refractivity contribution is 5.89. The number of phenols is 2. The first-order valence-electron chi connectivity index (χ1n) is 16.3. The summed E-state index contributed by atoms with van der Waals surface area (Å²) in [4.78, 5) is 4.60. The van der Waals surface area contributed by atoms with E-state index in [9.17, 15) is 10.2 Å². The third-order valence-corrected chi connectivity index (χ3v) is 8.42. The van der Waals surface area contributed by atoms with Crippen molar-refractivity contribution >= 4 is 6.21 Å². The number of phenolic OH excluding ortho intramolecular Hbond substituents is 2. The zero-order valence-electron chi connectivity index (χ0n) is 27.6. The SMILES string of the molecule is COc1ccccc1-c1cccc(C=NC[C@@H](N)CC(CCCc2cccc(-c3ccccc3OC)c2O)OCc2ccccc2)c1O. The van der Waals surface area contributed by atoms with Crippen LogP contribution in [0, 0.1) is 0 Å². The molecule has 1 unspecified atom stereocenters. The Kier molecular flexibility index (Phi) is 12.2. The number of aliphatic imine (C=N–C) groups is 1. The van der Waals surface area contributed by atoms with Crippen molar-refractivity contribution in [2.75, 3.05) is 20.8 Å². The summed E-state index contributed by atoms with van der Waals surface area (Å²) < 4.78 is 17.4. The summed E-state index contributed by atoms with van der Waals surface area (Å²) in [5, 5.41) is 22.2. The van der Waals surface area contributed by atoms with Crippen LogP contribution < -0.4 is 15.2 Å². The maximum atomic E-state index is 11.2. The molecule has 7 nitrogen and oxygen atoms in total. The molecule has 0 radical (unpaired) electrons.